The Morgan fingerprint density at radius 3 is 1.09 bits per heavy atom. The molecule has 0 atom stereocenters. The van der Waals surface area contributed by atoms with Crippen LogP contribution in [0.25, 0.3) is 0 Å². The number of hydrogen-bond acceptors (Lipinski definition) is 8. The zero-order chi connectivity index (χ0) is 24.1. The van der Waals surface area contributed by atoms with Crippen LogP contribution in [0.2, 0.25) is 0 Å². The van der Waals surface area contributed by atoms with Gasteiger partial charge in [-0.3, -0.25) is 9.59 Å². The molecule has 0 aliphatic rings. The molecule has 0 amide bonds. The Kier molecular flexibility index (Phi) is 5.22. The average molecular weight is 444 g/mol. The van der Waals surface area contributed by atoms with Gasteiger partial charge in [0, 0.05) is 39.3 Å². The van der Waals surface area contributed by atoms with Crippen LogP contribution < -0.4 is 34.1 Å². The van der Waals surface area contributed by atoms with Crippen molar-refractivity contribution in [1.29, 1.82) is 0 Å². The highest BCUT2D eigenvalue weighted by Crippen LogP contribution is 2.07. The third-order valence-corrected chi connectivity index (χ3v) is 4.82. The summed E-state index contributed by atoms with van der Waals surface area (Å²) < 4.78 is 2.65. The van der Waals surface area contributed by atoms with Crippen molar-refractivity contribution in [3.8, 4) is 0 Å². The van der Waals surface area contributed by atoms with Crippen molar-refractivity contribution in [3.05, 3.63) is 98.3 Å². The summed E-state index contributed by atoms with van der Waals surface area (Å²) in [5, 5.41) is 0. The highest BCUT2D eigenvalue weighted by Gasteiger charge is 2.22. The van der Waals surface area contributed by atoms with Crippen molar-refractivity contribution in [2.75, 3.05) is 0 Å². The fourth-order valence-electron chi connectivity index (χ4n) is 2.93. The van der Waals surface area contributed by atoms with Gasteiger partial charge in [-0.25, -0.2) is 47.0 Å². The topological polar surface area (TPSA) is 166 Å². The van der Waals surface area contributed by atoms with Gasteiger partial charge >= 0.3 is 34.1 Å². The van der Waals surface area contributed by atoms with E-state index in [1.165, 1.54) is 18.2 Å². The number of nitrogens with zero attached hydrogens (tertiary/aromatic N) is 6. The molecule has 2 aromatic heterocycles. The number of hydrogen-bond donors (Lipinski definition) is 0. The van der Waals surface area contributed by atoms with Crippen LogP contribution in [0.15, 0.2) is 53.0 Å². The summed E-state index contributed by atoms with van der Waals surface area (Å²) in [6, 6.07) is 4.59. The van der Waals surface area contributed by atoms with Crippen LogP contribution in [-0.2, 0) is 28.2 Å². The third-order valence-electron chi connectivity index (χ3n) is 4.82. The molecule has 166 valence electrons. The number of carbonyl (C=O) groups excluding carboxylic acids is 2. The Morgan fingerprint density at radius 2 is 0.812 bits per heavy atom. The molecule has 0 fully saturated rings. The molecule has 1 aromatic carbocycles. The lowest BCUT2D eigenvalue weighted by Crippen LogP contribution is -2.55. The highest BCUT2D eigenvalue weighted by molar-refractivity contribution is 6.01. The molecule has 0 aliphatic heterocycles. The molecule has 0 aliphatic carbocycles. The molecule has 2 heterocycles. The van der Waals surface area contributed by atoms with Gasteiger partial charge in [0.1, 0.15) is 0 Å². The van der Waals surface area contributed by atoms with Crippen LogP contribution in [0.5, 0.6) is 0 Å². The first-order valence-electron chi connectivity index (χ1n) is 8.87. The van der Waals surface area contributed by atoms with Crippen LogP contribution in [-0.4, -0.2) is 39.2 Å². The Morgan fingerprint density at radius 1 is 0.531 bits per heavy atom. The van der Waals surface area contributed by atoms with Gasteiger partial charge in [0.05, 0.1) is 0 Å². The second kappa shape index (κ2) is 7.57. The Bertz CT molecular complexity index is 1470. The van der Waals surface area contributed by atoms with Crippen molar-refractivity contribution in [2.45, 2.75) is 0 Å². The summed E-state index contributed by atoms with van der Waals surface area (Å²) in [6.45, 7) is 0. The molecule has 3 rings (SSSR count). The number of benzene rings is 1. The fourth-order valence-corrected chi connectivity index (χ4v) is 2.93. The summed E-state index contributed by atoms with van der Waals surface area (Å²) in [5.41, 5.74) is -7.24. The SMILES string of the molecule is Cn1c(=O)n(C)c(=O)n(C(=O)c2cccc(C(=O)n3c(=O)n(C)c(=O)n(C)c3=O)c2)c1=O. The normalized spacial score (nSPS) is 10.9. The molecule has 0 saturated heterocycles. The van der Waals surface area contributed by atoms with Crippen molar-refractivity contribution >= 4 is 11.8 Å². The van der Waals surface area contributed by atoms with Gasteiger partial charge in [0.2, 0.25) is 0 Å². The van der Waals surface area contributed by atoms with Gasteiger partial charge < -0.3 is 0 Å². The second-order valence-corrected chi connectivity index (χ2v) is 6.79. The molecule has 0 unspecified atom stereocenters. The van der Waals surface area contributed by atoms with E-state index in [4.69, 9.17) is 0 Å². The molecule has 14 heteroatoms. The largest absolute Gasteiger partial charge is 0.343 e. The molecule has 0 bridgehead atoms. The minimum Gasteiger partial charge on any atom is -0.268 e. The second-order valence-electron chi connectivity index (χ2n) is 6.79. The van der Waals surface area contributed by atoms with Crippen LogP contribution in [0.1, 0.15) is 20.7 Å². The fraction of sp³-hybridized carbons (Fsp3) is 0.222. The van der Waals surface area contributed by atoms with Crippen molar-refractivity contribution in [2.24, 2.45) is 28.2 Å². The van der Waals surface area contributed by atoms with Crippen molar-refractivity contribution < 1.29 is 9.59 Å². The summed E-state index contributed by atoms with van der Waals surface area (Å²) in [4.78, 5) is 98.6. The maximum Gasteiger partial charge on any atom is 0.343 e. The first-order valence-corrected chi connectivity index (χ1v) is 8.87. The maximum atomic E-state index is 12.8. The summed E-state index contributed by atoms with van der Waals surface area (Å²) in [7, 11) is 4.32. The maximum absolute atomic E-state index is 12.8. The van der Waals surface area contributed by atoms with E-state index in [0.29, 0.717) is 18.3 Å². The Labute approximate surface area is 176 Å². The van der Waals surface area contributed by atoms with Gasteiger partial charge in [-0.1, -0.05) is 6.07 Å². The molecule has 14 nitrogen and oxygen atoms in total. The van der Waals surface area contributed by atoms with Gasteiger partial charge in [0.25, 0.3) is 11.8 Å². The van der Waals surface area contributed by atoms with E-state index in [-0.39, 0.29) is 20.3 Å². The van der Waals surface area contributed by atoms with E-state index in [9.17, 15) is 38.4 Å². The minimum atomic E-state index is -1.19. The van der Waals surface area contributed by atoms with Crippen molar-refractivity contribution in [1.82, 2.24) is 27.4 Å². The van der Waals surface area contributed by atoms with E-state index in [2.05, 4.69) is 0 Å². The van der Waals surface area contributed by atoms with Gasteiger partial charge in [0.15, 0.2) is 0 Å². The molecule has 0 radical (unpaired) electrons. The smallest absolute Gasteiger partial charge is 0.268 e. The summed E-state index contributed by atoms with van der Waals surface area (Å²) in [5.74, 6) is -2.27. The highest BCUT2D eigenvalue weighted by atomic mass is 16.2. The zero-order valence-electron chi connectivity index (χ0n) is 17.3. The van der Waals surface area contributed by atoms with Crippen LogP contribution in [0.4, 0.5) is 0 Å². The molecule has 32 heavy (non-hydrogen) atoms. The lowest BCUT2D eigenvalue weighted by molar-refractivity contribution is 0.0943. The number of carbonyl (C=O) groups is 2. The number of aromatic nitrogens is 6. The standard InChI is InChI=1S/C18H16N6O8/c1-19-13(27)20(2)16(30)23(15(19)29)11(25)9-6-5-7-10(8-9)12(26)24-17(31)21(3)14(28)22(4)18(24)32/h5-8H,1-4H3. The molecular formula is C18H16N6O8. The molecular weight excluding hydrogens is 428 g/mol. The molecule has 3 aromatic rings. The quantitative estimate of drug-likeness (QED) is 0.388. The van der Waals surface area contributed by atoms with Crippen LogP contribution >= 0.6 is 0 Å². The van der Waals surface area contributed by atoms with E-state index < -0.39 is 46.0 Å². The lowest BCUT2D eigenvalue weighted by atomic mass is 10.1. The van der Waals surface area contributed by atoms with E-state index in [1.807, 2.05) is 0 Å². The average Bonchev–Trinajstić information content (AvgIpc) is 2.79. The van der Waals surface area contributed by atoms with Crippen LogP contribution in [0, 0.1) is 0 Å². The first kappa shape index (κ1) is 22.1. The van der Waals surface area contributed by atoms with Gasteiger partial charge in [-0.2, -0.15) is 9.13 Å². The third kappa shape index (κ3) is 3.13. The first-order chi connectivity index (χ1) is 14.9. The minimum absolute atomic E-state index is 0.211. The lowest BCUT2D eigenvalue weighted by Gasteiger charge is -2.10. The summed E-state index contributed by atoms with van der Waals surface area (Å²) >= 11 is 0. The predicted octanol–water partition coefficient (Wildman–Crippen LogP) is -3.82. The Balaban J connectivity index is 2.21. The molecule has 0 N–H and O–H groups in total. The monoisotopic (exact) mass is 444 g/mol. The molecule has 0 spiro atoms. The van der Waals surface area contributed by atoms with Crippen molar-refractivity contribution in [3.63, 3.8) is 0 Å². The Hall–Kier alpha value is -4.62. The van der Waals surface area contributed by atoms with Crippen LogP contribution in [0.3, 0.4) is 0 Å². The predicted molar refractivity (Wildman–Crippen MR) is 108 cm³/mol. The molecule has 0 saturated carbocycles. The number of rotatable bonds is 2. The van der Waals surface area contributed by atoms with Gasteiger partial charge in [-0.15, -0.1) is 0 Å². The van der Waals surface area contributed by atoms with Gasteiger partial charge in [-0.05, 0) is 18.2 Å². The summed E-state index contributed by atoms with van der Waals surface area (Å²) in [6.07, 6.45) is 0. The zero-order valence-corrected chi connectivity index (χ0v) is 17.3. The van der Waals surface area contributed by atoms with E-state index in [1.54, 1.807) is 0 Å². The van der Waals surface area contributed by atoms with E-state index >= 15 is 0 Å². The van der Waals surface area contributed by atoms with E-state index in [0.717, 1.165) is 34.3 Å².